The number of benzene rings is 1. The number of phenols is 1. The number of carbonyl (C=O) groups is 1. The molecule has 1 rings (SSSR count). The van der Waals surface area contributed by atoms with E-state index in [0.29, 0.717) is 5.56 Å². The first-order chi connectivity index (χ1) is 6.63. The maximum atomic E-state index is 10.3. The number of rotatable bonds is 0. The van der Waals surface area contributed by atoms with Crippen LogP contribution in [0.25, 0.3) is 0 Å². The fraction of sp³-hybridized carbons (Fsp3) is 0. The summed E-state index contributed by atoms with van der Waals surface area (Å²) in [7, 11) is 0. The summed E-state index contributed by atoms with van der Waals surface area (Å²) < 4.78 is 0. The molecule has 0 saturated heterocycles. The van der Waals surface area contributed by atoms with Crippen LogP contribution in [-0.4, -0.2) is 11.0 Å². The molecule has 68 valence electrons. The van der Waals surface area contributed by atoms with Crippen LogP contribution in [0.2, 0.25) is 0 Å². The van der Waals surface area contributed by atoms with E-state index in [9.17, 15) is 9.90 Å². The van der Waals surface area contributed by atoms with Gasteiger partial charge in [0.25, 0.3) is 5.91 Å². The quantitative estimate of drug-likeness (QED) is 0.563. The summed E-state index contributed by atoms with van der Waals surface area (Å²) in [4.78, 5) is 10.3. The molecule has 0 radical (unpaired) electrons. The van der Waals surface area contributed by atoms with Crippen molar-refractivity contribution >= 4 is 5.91 Å². The first-order valence-electron chi connectivity index (χ1n) is 3.68. The molecule has 0 unspecified atom stereocenters. The molecule has 0 aliphatic heterocycles. The van der Waals surface area contributed by atoms with Gasteiger partial charge in [0.1, 0.15) is 11.8 Å². The van der Waals surface area contributed by atoms with Gasteiger partial charge >= 0.3 is 0 Å². The first kappa shape index (κ1) is 9.63. The Labute approximate surface area is 80.6 Å². The molecule has 0 heterocycles. The zero-order chi connectivity index (χ0) is 10.6. The molecule has 0 saturated carbocycles. The van der Waals surface area contributed by atoms with Crippen molar-refractivity contribution in [1.82, 2.24) is 0 Å². The van der Waals surface area contributed by atoms with E-state index in [1.807, 2.05) is 0 Å². The predicted molar refractivity (Wildman–Crippen MR) is 48.9 cm³/mol. The maximum absolute atomic E-state index is 10.3. The van der Waals surface area contributed by atoms with Crippen LogP contribution < -0.4 is 5.73 Å². The summed E-state index contributed by atoms with van der Waals surface area (Å²) in [5.74, 6) is 3.66. The molecule has 1 aromatic carbocycles. The Morgan fingerprint density at radius 1 is 1.50 bits per heavy atom. The third kappa shape index (κ3) is 2.26. The lowest BCUT2D eigenvalue weighted by atomic mass is 10.1. The van der Waals surface area contributed by atoms with Crippen LogP contribution in [0.4, 0.5) is 0 Å². The summed E-state index contributed by atoms with van der Waals surface area (Å²) in [5, 5.41) is 17.8. The first-order valence-corrected chi connectivity index (χ1v) is 3.68. The number of nitrogens with zero attached hydrogens (tertiary/aromatic N) is 1. The van der Waals surface area contributed by atoms with Crippen LogP contribution in [0, 0.1) is 23.2 Å². The molecular formula is C10H6N2O2. The van der Waals surface area contributed by atoms with Gasteiger partial charge in [-0.2, -0.15) is 5.26 Å². The molecule has 0 spiro atoms. The second kappa shape index (κ2) is 3.97. The van der Waals surface area contributed by atoms with Gasteiger partial charge in [-0.05, 0) is 24.1 Å². The van der Waals surface area contributed by atoms with E-state index < -0.39 is 5.91 Å². The highest BCUT2D eigenvalue weighted by Crippen LogP contribution is 2.16. The van der Waals surface area contributed by atoms with Crippen LogP contribution >= 0.6 is 0 Å². The second-order valence-corrected chi connectivity index (χ2v) is 2.46. The van der Waals surface area contributed by atoms with Crippen molar-refractivity contribution in [2.24, 2.45) is 5.73 Å². The standard InChI is InChI=1S/C10H6N2O2/c11-6-8-3-1-7(5-9(8)13)2-4-10(12)14/h1,3,5,13H,(H2,12,14). The minimum Gasteiger partial charge on any atom is -0.507 e. The van der Waals surface area contributed by atoms with Gasteiger partial charge in [0.15, 0.2) is 0 Å². The summed E-state index contributed by atoms with van der Waals surface area (Å²) in [6.07, 6.45) is 0. The summed E-state index contributed by atoms with van der Waals surface area (Å²) in [6.45, 7) is 0. The van der Waals surface area contributed by atoms with Crippen LogP contribution in [0.15, 0.2) is 18.2 Å². The zero-order valence-corrected chi connectivity index (χ0v) is 7.11. The lowest BCUT2D eigenvalue weighted by molar-refractivity contribution is -0.112. The van der Waals surface area contributed by atoms with E-state index in [-0.39, 0.29) is 11.3 Å². The molecule has 0 bridgehead atoms. The van der Waals surface area contributed by atoms with E-state index in [0.717, 1.165) is 0 Å². The Kier molecular flexibility index (Phi) is 2.73. The number of aromatic hydroxyl groups is 1. The topological polar surface area (TPSA) is 87.1 Å². The Bertz CT molecular complexity index is 475. The van der Waals surface area contributed by atoms with Crippen LogP contribution in [0.1, 0.15) is 11.1 Å². The number of amides is 1. The van der Waals surface area contributed by atoms with E-state index in [1.54, 1.807) is 6.07 Å². The van der Waals surface area contributed by atoms with E-state index in [4.69, 9.17) is 11.0 Å². The van der Waals surface area contributed by atoms with Gasteiger partial charge in [-0.15, -0.1) is 0 Å². The third-order valence-electron chi connectivity index (χ3n) is 1.45. The molecule has 1 aromatic rings. The van der Waals surface area contributed by atoms with Gasteiger partial charge in [0, 0.05) is 5.56 Å². The highest BCUT2D eigenvalue weighted by Gasteiger charge is 1.99. The van der Waals surface area contributed by atoms with Gasteiger partial charge in [-0.1, -0.05) is 5.92 Å². The zero-order valence-electron chi connectivity index (χ0n) is 7.11. The van der Waals surface area contributed by atoms with E-state index >= 15 is 0 Å². The monoisotopic (exact) mass is 186 g/mol. The number of phenolic OH excluding ortho intramolecular Hbond substituents is 1. The van der Waals surface area contributed by atoms with Crippen molar-refractivity contribution in [3.63, 3.8) is 0 Å². The molecule has 0 aliphatic carbocycles. The molecule has 0 aromatic heterocycles. The van der Waals surface area contributed by atoms with Crippen LogP contribution in [0.3, 0.4) is 0 Å². The third-order valence-corrected chi connectivity index (χ3v) is 1.45. The minimum absolute atomic E-state index is 0.162. The molecule has 14 heavy (non-hydrogen) atoms. The SMILES string of the molecule is N#Cc1ccc(C#CC(N)=O)cc1O. The number of primary amides is 1. The van der Waals surface area contributed by atoms with E-state index in [2.05, 4.69) is 11.8 Å². The number of nitriles is 1. The minimum atomic E-state index is -0.742. The van der Waals surface area contributed by atoms with E-state index in [1.165, 1.54) is 18.2 Å². The number of hydrogen-bond donors (Lipinski definition) is 2. The van der Waals surface area contributed by atoms with Crippen molar-refractivity contribution in [2.45, 2.75) is 0 Å². The molecule has 4 heteroatoms. The summed E-state index contributed by atoms with van der Waals surface area (Å²) >= 11 is 0. The summed E-state index contributed by atoms with van der Waals surface area (Å²) in [5.41, 5.74) is 5.40. The molecule has 0 aliphatic rings. The molecule has 4 nitrogen and oxygen atoms in total. The van der Waals surface area contributed by atoms with Gasteiger partial charge in [0.2, 0.25) is 0 Å². The fourth-order valence-electron chi connectivity index (χ4n) is 0.838. The average molecular weight is 186 g/mol. The van der Waals surface area contributed by atoms with Crippen molar-refractivity contribution < 1.29 is 9.90 Å². The van der Waals surface area contributed by atoms with Crippen LogP contribution in [-0.2, 0) is 4.79 Å². The van der Waals surface area contributed by atoms with Crippen molar-refractivity contribution in [3.05, 3.63) is 29.3 Å². The molecule has 0 fully saturated rings. The largest absolute Gasteiger partial charge is 0.507 e. The molecule has 1 amide bonds. The van der Waals surface area contributed by atoms with Crippen molar-refractivity contribution in [3.8, 4) is 23.7 Å². The Morgan fingerprint density at radius 2 is 2.21 bits per heavy atom. The van der Waals surface area contributed by atoms with Gasteiger partial charge in [0.05, 0.1) is 5.56 Å². The molecular weight excluding hydrogens is 180 g/mol. The maximum Gasteiger partial charge on any atom is 0.293 e. The normalized spacial score (nSPS) is 8.21. The smallest absolute Gasteiger partial charge is 0.293 e. The Hall–Kier alpha value is -2.46. The molecule has 0 atom stereocenters. The number of hydrogen-bond acceptors (Lipinski definition) is 3. The summed E-state index contributed by atoms with van der Waals surface area (Å²) in [6, 6.07) is 6.04. The predicted octanol–water partition coefficient (Wildman–Crippen LogP) is 0.101. The highest BCUT2D eigenvalue weighted by atomic mass is 16.3. The number of carbonyl (C=O) groups excluding carboxylic acids is 1. The Balaban J connectivity index is 3.07. The molecule has 3 N–H and O–H groups in total. The van der Waals surface area contributed by atoms with Crippen molar-refractivity contribution in [1.29, 1.82) is 5.26 Å². The van der Waals surface area contributed by atoms with Gasteiger partial charge in [-0.25, -0.2) is 0 Å². The number of nitrogens with two attached hydrogens (primary N) is 1. The Morgan fingerprint density at radius 3 is 2.71 bits per heavy atom. The lowest BCUT2D eigenvalue weighted by Crippen LogP contribution is -2.06. The van der Waals surface area contributed by atoms with Gasteiger partial charge < -0.3 is 10.8 Å². The van der Waals surface area contributed by atoms with Gasteiger partial charge in [-0.3, -0.25) is 4.79 Å². The van der Waals surface area contributed by atoms with Crippen LogP contribution in [0.5, 0.6) is 5.75 Å². The average Bonchev–Trinajstić information content (AvgIpc) is 2.15. The lowest BCUT2D eigenvalue weighted by Gasteiger charge is -1.95. The highest BCUT2D eigenvalue weighted by molar-refractivity contribution is 5.92. The second-order valence-electron chi connectivity index (χ2n) is 2.46. The van der Waals surface area contributed by atoms with Crippen molar-refractivity contribution in [2.75, 3.05) is 0 Å². The fourth-order valence-corrected chi connectivity index (χ4v) is 0.838.